The van der Waals surface area contributed by atoms with Crippen molar-refractivity contribution >= 4 is 33.8 Å². The van der Waals surface area contributed by atoms with Crippen molar-refractivity contribution in [2.45, 2.75) is 43.7 Å². The van der Waals surface area contributed by atoms with Crippen LogP contribution in [0.25, 0.3) is 0 Å². The van der Waals surface area contributed by atoms with E-state index in [1.165, 1.54) is 30.8 Å². The summed E-state index contributed by atoms with van der Waals surface area (Å²) in [5.74, 6) is -2.23. The van der Waals surface area contributed by atoms with Crippen LogP contribution in [0, 0.1) is 11.8 Å². The number of hydrogen-bond acceptors (Lipinski definition) is 7. The molecule has 0 aromatic heterocycles. The molecule has 0 aromatic carbocycles. The van der Waals surface area contributed by atoms with Crippen LogP contribution in [0.4, 0.5) is 0 Å². The van der Waals surface area contributed by atoms with E-state index in [0.717, 1.165) is 4.31 Å². The molecule has 0 aromatic rings. The second kappa shape index (κ2) is 8.16. The molecule has 0 aliphatic carbocycles. The third-order valence-corrected chi connectivity index (χ3v) is 8.78. The number of amides is 1. The lowest BCUT2D eigenvalue weighted by atomic mass is 9.79. The summed E-state index contributed by atoms with van der Waals surface area (Å²) in [6, 6.07) is -0.384. The Morgan fingerprint density at radius 1 is 1.45 bits per heavy atom. The molecule has 3 aliphatic heterocycles. The Labute approximate surface area is 174 Å². The molecule has 0 unspecified atom stereocenters. The zero-order valence-electron chi connectivity index (χ0n) is 16.8. The van der Waals surface area contributed by atoms with Crippen LogP contribution in [-0.4, -0.2) is 90.3 Å². The molecule has 3 heterocycles. The van der Waals surface area contributed by atoms with Gasteiger partial charge in [0.25, 0.3) is 10.2 Å². The Bertz CT molecular complexity index is 828. The lowest BCUT2D eigenvalue weighted by molar-refractivity contribution is -0.163. The summed E-state index contributed by atoms with van der Waals surface area (Å²) in [6.07, 6.45) is -0.157. The van der Waals surface area contributed by atoms with E-state index in [4.69, 9.17) is 0 Å². The van der Waals surface area contributed by atoms with Crippen LogP contribution in [0.1, 0.15) is 20.3 Å². The fourth-order valence-electron chi connectivity index (χ4n) is 4.22. The first-order valence-corrected chi connectivity index (χ1v) is 11.8. The molecule has 3 rings (SSSR count). The first-order valence-electron chi connectivity index (χ1n) is 9.51. The molecule has 10 nitrogen and oxygen atoms in total. The molecule has 0 saturated carbocycles. The van der Waals surface area contributed by atoms with Crippen LogP contribution in [0.2, 0.25) is 0 Å². The number of carbonyl (C=O) groups is 2. The zero-order chi connectivity index (χ0) is 21.7. The highest BCUT2D eigenvalue weighted by Crippen LogP contribution is 2.51. The molecule has 29 heavy (non-hydrogen) atoms. The standard InChI is InChI=1S/C17H28N4O6S2/c1-8-13-12(9(2)22)16(23)21(13)14(17(24)25)15(8)28-11-5-10(18-7-11)6-19-29(26,27)20(3)4/h8-13,18-19,22H,5-7H2,1-4H3,(H,24,25)/t8-,9-,10+,11+,12-,13-/m1/s1. The molecule has 1 amide bonds. The number of carboxylic acids is 1. The lowest BCUT2D eigenvalue weighted by Crippen LogP contribution is -2.63. The van der Waals surface area contributed by atoms with Gasteiger partial charge in [-0.05, 0) is 13.3 Å². The predicted molar refractivity (Wildman–Crippen MR) is 108 cm³/mol. The Hall–Kier alpha value is -1.18. The second-order valence-electron chi connectivity index (χ2n) is 7.99. The Morgan fingerprint density at radius 3 is 2.66 bits per heavy atom. The first-order chi connectivity index (χ1) is 13.5. The molecule has 0 radical (unpaired) electrons. The van der Waals surface area contributed by atoms with Gasteiger partial charge in [0.1, 0.15) is 5.70 Å². The minimum atomic E-state index is -3.50. The maximum absolute atomic E-state index is 12.4. The minimum absolute atomic E-state index is 0.0196. The maximum atomic E-state index is 12.4. The van der Waals surface area contributed by atoms with Gasteiger partial charge in [-0.1, -0.05) is 6.92 Å². The van der Waals surface area contributed by atoms with E-state index in [1.807, 2.05) is 6.92 Å². The van der Waals surface area contributed by atoms with Crippen LogP contribution in [-0.2, 0) is 19.8 Å². The van der Waals surface area contributed by atoms with Crippen molar-refractivity contribution in [3.8, 4) is 0 Å². The molecule has 0 spiro atoms. The number of aliphatic carboxylic acids is 1. The van der Waals surface area contributed by atoms with Gasteiger partial charge < -0.3 is 20.4 Å². The van der Waals surface area contributed by atoms with Gasteiger partial charge in [-0.2, -0.15) is 12.7 Å². The van der Waals surface area contributed by atoms with Gasteiger partial charge in [-0.15, -0.1) is 11.8 Å². The summed E-state index contributed by atoms with van der Waals surface area (Å²) in [4.78, 5) is 26.2. The SMILES string of the molecule is C[C@@H](O)[C@H]1C(=O)N2C(C(=O)O)=C(S[C@@H]3CN[C@H](CNS(=O)(=O)N(C)C)C3)[C@H](C)[C@H]12. The molecule has 6 atom stereocenters. The fourth-order valence-corrected chi connectivity index (χ4v) is 6.41. The Morgan fingerprint density at radius 2 is 2.10 bits per heavy atom. The van der Waals surface area contributed by atoms with Crippen molar-refractivity contribution in [3.63, 3.8) is 0 Å². The zero-order valence-corrected chi connectivity index (χ0v) is 18.5. The Balaban J connectivity index is 1.67. The number of aliphatic hydroxyl groups is 1. The first kappa shape index (κ1) is 22.5. The largest absolute Gasteiger partial charge is 0.477 e. The number of nitrogens with zero attached hydrogens (tertiary/aromatic N) is 2. The number of thioether (sulfide) groups is 1. The molecule has 4 N–H and O–H groups in total. The average Bonchev–Trinajstić information content (AvgIpc) is 3.15. The van der Waals surface area contributed by atoms with Crippen LogP contribution in [0.15, 0.2) is 10.6 Å². The molecule has 2 fully saturated rings. The van der Waals surface area contributed by atoms with Crippen LogP contribution in [0.5, 0.6) is 0 Å². The van der Waals surface area contributed by atoms with E-state index in [9.17, 15) is 28.2 Å². The number of fused-ring (bicyclic) bond motifs is 1. The second-order valence-corrected chi connectivity index (χ2v) is 11.3. The van der Waals surface area contributed by atoms with Crippen LogP contribution in [0.3, 0.4) is 0 Å². The highest BCUT2D eigenvalue weighted by molar-refractivity contribution is 8.03. The molecule has 2 saturated heterocycles. The van der Waals surface area contributed by atoms with Crippen molar-refractivity contribution in [1.82, 2.24) is 19.2 Å². The molecular formula is C17H28N4O6S2. The summed E-state index contributed by atoms with van der Waals surface area (Å²) in [6.45, 7) is 4.30. The number of carbonyl (C=O) groups excluding carboxylic acids is 1. The molecule has 164 valence electrons. The minimum Gasteiger partial charge on any atom is -0.477 e. The molecule has 12 heteroatoms. The average molecular weight is 449 g/mol. The van der Waals surface area contributed by atoms with E-state index < -0.39 is 28.2 Å². The Kier molecular flexibility index (Phi) is 6.33. The van der Waals surface area contributed by atoms with Crippen molar-refractivity contribution in [3.05, 3.63) is 10.6 Å². The lowest BCUT2D eigenvalue weighted by Gasteiger charge is -2.46. The van der Waals surface area contributed by atoms with Crippen molar-refractivity contribution in [2.24, 2.45) is 11.8 Å². The van der Waals surface area contributed by atoms with Crippen LogP contribution < -0.4 is 10.0 Å². The van der Waals surface area contributed by atoms with E-state index in [1.54, 1.807) is 6.92 Å². The molecular weight excluding hydrogens is 420 g/mol. The van der Waals surface area contributed by atoms with Gasteiger partial charge >= 0.3 is 5.97 Å². The smallest absolute Gasteiger partial charge is 0.353 e. The normalized spacial score (nSPS) is 33.2. The van der Waals surface area contributed by atoms with Crippen molar-refractivity contribution in [2.75, 3.05) is 27.2 Å². The molecule has 0 bridgehead atoms. The summed E-state index contributed by atoms with van der Waals surface area (Å²) in [5.41, 5.74) is 0.0196. The number of β-lactam (4-membered cyclic amide) rings is 1. The number of carboxylic acid groups (broad SMARTS) is 1. The van der Waals surface area contributed by atoms with E-state index in [2.05, 4.69) is 10.0 Å². The summed E-state index contributed by atoms with van der Waals surface area (Å²) in [7, 11) is -0.591. The summed E-state index contributed by atoms with van der Waals surface area (Å²) < 4.78 is 27.4. The number of aliphatic hydroxyl groups excluding tert-OH is 1. The van der Waals surface area contributed by atoms with Gasteiger partial charge in [0.2, 0.25) is 5.91 Å². The van der Waals surface area contributed by atoms with E-state index in [-0.39, 0.29) is 41.4 Å². The van der Waals surface area contributed by atoms with Gasteiger partial charge in [0, 0.05) is 49.3 Å². The highest BCUT2D eigenvalue weighted by Gasteiger charge is 2.60. The summed E-state index contributed by atoms with van der Waals surface area (Å²) >= 11 is 1.44. The number of hydrogen-bond donors (Lipinski definition) is 4. The number of nitrogens with one attached hydrogen (secondary N) is 2. The van der Waals surface area contributed by atoms with Gasteiger partial charge in [0.15, 0.2) is 0 Å². The highest BCUT2D eigenvalue weighted by atomic mass is 32.2. The topological polar surface area (TPSA) is 139 Å². The molecule has 3 aliphatic rings. The number of rotatable bonds is 8. The predicted octanol–water partition coefficient (Wildman–Crippen LogP) is -1.00. The maximum Gasteiger partial charge on any atom is 0.353 e. The van der Waals surface area contributed by atoms with Crippen LogP contribution >= 0.6 is 11.8 Å². The van der Waals surface area contributed by atoms with Gasteiger partial charge in [-0.3, -0.25) is 4.79 Å². The third-order valence-electron chi connectivity index (χ3n) is 5.78. The quantitative estimate of drug-likeness (QED) is 0.347. The summed E-state index contributed by atoms with van der Waals surface area (Å²) in [5, 5.41) is 22.9. The van der Waals surface area contributed by atoms with Crippen molar-refractivity contribution in [1.29, 1.82) is 0 Å². The third kappa shape index (κ3) is 4.06. The monoisotopic (exact) mass is 448 g/mol. The van der Waals surface area contributed by atoms with Gasteiger partial charge in [-0.25, -0.2) is 9.52 Å². The fraction of sp³-hybridized carbons (Fsp3) is 0.765. The van der Waals surface area contributed by atoms with Crippen molar-refractivity contribution < 1.29 is 28.2 Å². The van der Waals surface area contributed by atoms with E-state index in [0.29, 0.717) is 17.9 Å². The van der Waals surface area contributed by atoms with E-state index >= 15 is 0 Å². The van der Waals surface area contributed by atoms with Gasteiger partial charge in [0.05, 0.1) is 18.1 Å².